The molecule has 0 spiro atoms. The van der Waals surface area contributed by atoms with Gasteiger partial charge in [0.05, 0.1) is 136 Å². The van der Waals surface area contributed by atoms with Crippen molar-refractivity contribution in [2.75, 3.05) is 152 Å². The van der Waals surface area contributed by atoms with Crippen molar-refractivity contribution in [3.05, 3.63) is 118 Å². The number of methoxy groups -OCH3 is 3. The van der Waals surface area contributed by atoms with E-state index in [1.165, 1.54) is 18.3 Å². The molecule has 4 aliphatic rings. The van der Waals surface area contributed by atoms with Gasteiger partial charge in [0.25, 0.3) is 17.7 Å². The summed E-state index contributed by atoms with van der Waals surface area (Å²) in [4.78, 5) is 101. The van der Waals surface area contributed by atoms with E-state index in [-0.39, 0.29) is 81.5 Å². The molecule has 16 atom stereocenters. The third-order valence-corrected chi connectivity index (χ3v) is 23.8. The molecule has 700 valence electrons. The zero-order chi connectivity index (χ0) is 91.2. The van der Waals surface area contributed by atoms with Crippen LogP contribution in [0, 0.1) is 35.5 Å². The second kappa shape index (κ2) is 53.1. The highest BCUT2D eigenvalue weighted by Gasteiger charge is 2.53. The number of piperidine rings is 1. The molecule has 6 heterocycles. The van der Waals surface area contributed by atoms with Gasteiger partial charge in [-0.3, -0.25) is 19.2 Å². The number of aromatic nitrogens is 5. The van der Waals surface area contributed by atoms with Crippen molar-refractivity contribution in [2.24, 2.45) is 40.6 Å². The molecule has 5 aromatic rings. The smallest absolute Gasteiger partial charge is 0.407 e. The molecule has 9 rings (SSSR count). The van der Waals surface area contributed by atoms with Crippen LogP contribution in [0.1, 0.15) is 143 Å². The zero-order valence-corrected chi connectivity index (χ0v) is 75.2. The van der Waals surface area contributed by atoms with Crippen LogP contribution < -0.4 is 22.1 Å². The lowest BCUT2D eigenvalue weighted by molar-refractivity contribution is -0.265. The quantitative estimate of drug-likeness (QED) is 0.00404. The molecule has 1 unspecified atom stereocenters. The molecule has 1 aliphatic carbocycles. The van der Waals surface area contributed by atoms with E-state index < -0.39 is 108 Å². The van der Waals surface area contributed by atoms with Crippen molar-refractivity contribution in [1.29, 1.82) is 0 Å². The summed E-state index contributed by atoms with van der Waals surface area (Å²) in [7, 11) is 4.50. The monoisotopic (exact) mass is 1780 g/mol. The average molecular weight is 1780 g/mol. The number of allylic oxidation sites excluding steroid dienone is 5. The summed E-state index contributed by atoms with van der Waals surface area (Å²) in [6.07, 6.45) is 11.5. The molecule has 3 fully saturated rings. The van der Waals surface area contributed by atoms with Crippen molar-refractivity contribution >= 4 is 69.4 Å². The van der Waals surface area contributed by atoms with E-state index in [1.807, 2.05) is 94.5 Å². The lowest BCUT2D eigenvalue weighted by Gasteiger charge is -2.43. The Labute approximate surface area is 743 Å². The standard InChI is InChI=1S/C91H133N13O23/c1-58-16-12-11-13-17-59(2)75(113-8)53-69-26-19-64(7)91(112,127-69)84(108)87(109)103-31-15-14-18-72(103)88(110)124-76(54-70(100-102-94)60(3)49-63(6)82(107)83(115-10)81(106)62(5)48-58)61(4)50-67-24-27-74(77(51-67)114-9)126-90(111)95-30-33-117-35-37-119-39-41-121-43-45-123-47-46-122-44-42-120-40-38-118-36-34-116-32-29-78(105)96-55-65-20-22-66(23-21-65)56-104-86-79(85(92)97-57-98-86)80(101-104)68-25-28-73-71(52-68)99-89(93)125-73/h11-13,16-17,20-23,25,28,49,52,57-58,60-62,64,67,69-70,72,74-77,82-83,107,112H,14-15,18-19,24,26-27,29-48,50-51,53-56H2,1-10H3,(H2,93,99)(H,95,111)(H,96,105)(H2,92,97,98)/b13-11+,16-12+,59-17+,63-49+/t58-,60-,61-,62-,64-,67+,69+,70+,72+,74?,75+,76+,77-,82-,83+,91-/m1/s1. The predicted molar refractivity (Wildman–Crippen MR) is 471 cm³/mol. The molecule has 3 aromatic heterocycles. The summed E-state index contributed by atoms with van der Waals surface area (Å²) in [5.41, 5.74) is 28.5. The lowest BCUT2D eigenvalue weighted by Crippen LogP contribution is -2.61. The Balaban J connectivity index is 0.606. The Morgan fingerprint density at radius 1 is 0.724 bits per heavy atom. The Bertz CT molecular complexity index is 4460. The first kappa shape index (κ1) is 102. The van der Waals surface area contributed by atoms with Crippen LogP contribution in [0.5, 0.6) is 0 Å². The number of cyclic esters (lactones) is 1. The number of nitrogens with one attached hydrogen (secondary N) is 2. The fraction of sp³-hybridized carbons (Fsp3) is 0.648. The SMILES string of the molecule is CO[C@H]1C[C@@H]2CC[C@@H](C)[C@@](O)(O2)C(=O)C(=O)N2CCCC[C@H]2C(=O)O[C@H]([C@H](C)C[C@@H]2CCC(OC(=O)NCCOCCOCCOCCOCCOCCOCCOCCOCCC(=O)NCc3ccc(Cn4nc(-c5ccc6oc(N)nc6c5)c5c(N)ncnc54)cc3)[C@H](OC)C2)C[C@H](N=[N+]=[N-])[C@H](C)/C=C(\C)[C@@H](O)[C@@H](OC)C(=O)[C@H](C)C[C@H](C)/C=C/C=C/C=C/1C. The van der Waals surface area contributed by atoms with Gasteiger partial charge in [0.2, 0.25) is 11.7 Å². The van der Waals surface area contributed by atoms with Crippen molar-refractivity contribution in [3.8, 4) is 11.3 Å². The van der Waals surface area contributed by atoms with Gasteiger partial charge in [-0.15, -0.1) is 0 Å². The number of aliphatic hydroxyl groups is 2. The molecule has 36 heteroatoms. The summed E-state index contributed by atoms with van der Waals surface area (Å²) in [6, 6.07) is 11.4. The van der Waals surface area contributed by atoms with Crippen LogP contribution in [0.15, 0.2) is 106 Å². The number of oxazole rings is 1. The number of nitrogen functional groups attached to an aromatic ring is 2. The van der Waals surface area contributed by atoms with E-state index >= 15 is 0 Å². The van der Waals surface area contributed by atoms with Crippen LogP contribution in [0.2, 0.25) is 0 Å². The molecule has 2 saturated heterocycles. The second-order valence-corrected chi connectivity index (χ2v) is 33.2. The van der Waals surface area contributed by atoms with Crippen molar-refractivity contribution < 1.29 is 110 Å². The number of azide groups is 1. The molecule has 8 N–H and O–H groups in total. The van der Waals surface area contributed by atoms with E-state index in [0.717, 1.165) is 22.3 Å². The number of ketones is 2. The fourth-order valence-corrected chi connectivity index (χ4v) is 16.5. The number of anilines is 2. The van der Waals surface area contributed by atoms with Gasteiger partial charge in [-0.05, 0) is 154 Å². The number of aliphatic hydroxyl groups excluding tert-OH is 1. The number of amides is 3. The minimum absolute atomic E-state index is 0.00626. The molecule has 0 radical (unpaired) electrons. The van der Waals surface area contributed by atoms with Gasteiger partial charge in [0.1, 0.15) is 53.8 Å². The van der Waals surface area contributed by atoms with Crippen molar-refractivity contribution in [1.82, 2.24) is 40.3 Å². The topological polar surface area (TPSA) is 470 Å². The van der Waals surface area contributed by atoms with Crippen LogP contribution in [0.3, 0.4) is 0 Å². The van der Waals surface area contributed by atoms with Crippen LogP contribution >= 0.6 is 0 Å². The molecule has 2 bridgehead atoms. The number of fused-ring (bicyclic) bond motifs is 5. The molecule has 1 saturated carbocycles. The number of benzene rings is 2. The van der Waals surface area contributed by atoms with Gasteiger partial charge < -0.3 is 108 Å². The molecular formula is C91H133N13O23. The molecule has 3 aliphatic heterocycles. The van der Waals surface area contributed by atoms with E-state index in [2.05, 4.69) is 35.6 Å². The van der Waals surface area contributed by atoms with Crippen molar-refractivity contribution in [3.63, 3.8) is 0 Å². The maximum atomic E-state index is 14.9. The molecular weight excluding hydrogens is 1640 g/mol. The number of rotatable bonds is 40. The Morgan fingerprint density at radius 3 is 2.02 bits per heavy atom. The maximum Gasteiger partial charge on any atom is 0.407 e. The summed E-state index contributed by atoms with van der Waals surface area (Å²) in [5.74, 6) is -7.85. The van der Waals surface area contributed by atoms with E-state index in [1.54, 1.807) is 51.8 Å². The van der Waals surface area contributed by atoms with Gasteiger partial charge in [-0.25, -0.2) is 24.2 Å². The van der Waals surface area contributed by atoms with Crippen LogP contribution in [0.25, 0.3) is 43.8 Å². The van der Waals surface area contributed by atoms with Gasteiger partial charge >= 0.3 is 12.1 Å². The number of hydrogen-bond acceptors (Lipinski definition) is 30. The highest BCUT2D eigenvalue weighted by atomic mass is 16.6. The minimum atomic E-state index is -2.49. The lowest BCUT2D eigenvalue weighted by atomic mass is 9.78. The number of nitrogens with zero attached hydrogens (tertiary/aromatic N) is 9. The van der Waals surface area contributed by atoms with Gasteiger partial charge in [0, 0.05) is 82.2 Å². The number of ether oxygens (including phenoxy) is 14. The van der Waals surface area contributed by atoms with E-state index in [0.29, 0.717) is 203 Å². The first-order valence-corrected chi connectivity index (χ1v) is 44.4. The van der Waals surface area contributed by atoms with Crippen molar-refractivity contribution in [2.45, 2.75) is 206 Å². The van der Waals surface area contributed by atoms with Crippen LogP contribution in [0.4, 0.5) is 16.6 Å². The summed E-state index contributed by atoms with van der Waals surface area (Å²) in [5, 5.41) is 39.4. The number of esters is 1. The number of carbonyl (C=O) groups excluding carboxylic acids is 6. The fourth-order valence-electron chi connectivity index (χ4n) is 16.5. The van der Waals surface area contributed by atoms with E-state index in [4.69, 9.17) is 87.3 Å². The summed E-state index contributed by atoms with van der Waals surface area (Å²) < 4.78 is 88.3. The molecule has 2 aromatic carbocycles. The normalized spacial score (nSPS) is 26.9. The summed E-state index contributed by atoms with van der Waals surface area (Å²) in [6.45, 7) is 19.5. The Hall–Kier alpha value is -9.21. The van der Waals surface area contributed by atoms with Crippen LogP contribution in [-0.4, -0.2) is 276 Å². The van der Waals surface area contributed by atoms with Gasteiger partial charge in [-0.1, -0.05) is 100 Å². The highest BCUT2D eigenvalue weighted by molar-refractivity contribution is 6.39. The third-order valence-electron chi connectivity index (χ3n) is 23.8. The van der Waals surface area contributed by atoms with E-state index in [9.17, 15) is 44.5 Å². The number of alkyl carbamates (subject to hydrolysis) is 1. The molecule has 3 amide bonds. The van der Waals surface area contributed by atoms with Crippen LogP contribution in [-0.2, 0) is 103 Å². The zero-order valence-electron chi connectivity index (χ0n) is 75.2. The van der Waals surface area contributed by atoms with Gasteiger partial charge in [0.15, 0.2) is 17.0 Å². The first-order chi connectivity index (χ1) is 61.3. The first-order valence-electron chi connectivity index (χ1n) is 44.4. The molecule has 36 nitrogen and oxygen atoms in total. The number of carbonyl (C=O) groups is 6. The predicted octanol–water partition coefficient (Wildman–Crippen LogP) is 10.0. The minimum Gasteiger partial charge on any atom is -0.461 e. The molecule has 127 heavy (non-hydrogen) atoms. The number of hydrogen-bond donors (Lipinski definition) is 6. The Morgan fingerprint density at radius 2 is 1.38 bits per heavy atom. The largest absolute Gasteiger partial charge is 0.461 e. The highest BCUT2D eigenvalue weighted by Crippen LogP contribution is 2.40. The number of Topliss-reactive ketones (excluding diaryl/α,β-unsaturated/α-hetero) is 2. The maximum absolute atomic E-state index is 14.9. The Kier molecular flexibility index (Phi) is 42.4. The van der Waals surface area contributed by atoms with Gasteiger partial charge in [-0.2, -0.15) is 10.1 Å². The number of nitrogens with two attached hydrogens (primary N) is 2. The average Bonchev–Trinajstić information content (AvgIpc) is 1.64. The third kappa shape index (κ3) is 31.3. The summed E-state index contributed by atoms with van der Waals surface area (Å²) >= 11 is 0. The second-order valence-electron chi connectivity index (χ2n) is 33.2.